The van der Waals surface area contributed by atoms with Crippen LogP contribution in [0.25, 0.3) is 21.7 Å². The van der Waals surface area contributed by atoms with Gasteiger partial charge in [-0.3, -0.25) is 0 Å². The van der Waals surface area contributed by atoms with Crippen LogP contribution >= 0.6 is 11.3 Å². The fraction of sp³-hybridized carbons (Fsp3) is 0.250. The molecule has 4 rings (SSSR count). The highest BCUT2D eigenvalue weighted by atomic mass is 32.1. The van der Waals surface area contributed by atoms with Crippen LogP contribution in [0.5, 0.6) is 11.5 Å². The number of aromatic hydroxyl groups is 1. The summed E-state index contributed by atoms with van der Waals surface area (Å²) < 4.78 is 11.5. The Morgan fingerprint density at radius 3 is 2.73 bits per heavy atom. The van der Waals surface area contributed by atoms with Crippen molar-refractivity contribution in [3.63, 3.8) is 0 Å². The summed E-state index contributed by atoms with van der Waals surface area (Å²) in [6, 6.07) is 11.2. The molecule has 0 saturated heterocycles. The van der Waals surface area contributed by atoms with Gasteiger partial charge in [0.25, 0.3) is 0 Å². The van der Waals surface area contributed by atoms with Crippen molar-refractivity contribution in [2.24, 2.45) is 7.05 Å². The molecule has 3 heterocycles. The van der Waals surface area contributed by atoms with Gasteiger partial charge in [0.05, 0.1) is 22.5 Å². The predicted octanol–water partition coefficient (Wildman–Crippen LogP) is 4.45. The maximum atomic E-state index is 9.36. The number of hydrogen-bond acceptors (Lipinski definition) is 4. The molecule has 1 aromatic carbocycles. The van der Waals surface area contributed by atoms with Gasteiger partial charge in [0.15, 0.2) is 5.82 Å². The smallest absolute Gasteiger partial charge is 0.157 e. The number of aryl methyl sites for hydroxylation is 2. The van der Waals surface area contributed by atoms with Crippen LogP contribution in [0.3, 0.4) is 0 Å². The largest absolute Gasteiger partial charge is 0.508 e. The van der Waals surface area contributed by atoms with Crippen molar-refractivity contribution < 1.29 is 9.84 Å². The molecule has 0 amide bonds. The van der Waals surface area contributed by atoms with E-state index in [1.54, 1.807) is 35.6 Å². The fourth-order valence-corrected chi connectivity index (χ4v) is 4.06. The third-order valence-corrected chi connectivity index (χ3v) is 5.47. The number of thiophene rings is 1. The van der Waals surface area contributed by atoms with E-state index in [0.717, 1.165) is 30.2 Å². The summed E-state index contributed by atoms with van der Waals surface area (Å²) in [6.07, 6.45) is 2.88. The molecule has 6 heteroatoms. The lowest BCUT2D eigenvalue weighted by Gasteiger charge is -2.13. The van der Waals surface area contributed by atoms with E-state index in [0.29, 0.717) is 6.61 Å². The van der Waals surface area contributed by atoms with Crippen LogP contribution in [0.2, 0.25) is 0 Å². The minimum atomic E-state index is 0.242. The molecule has 0 aliphatic carbocycles. The molecule has 0 bridgehead atoms. The van der Waals surface area contributed by atoms with E-state index in [1.165, 1.54) is 15.9 Å². The van der Waals surface area contributed by atoms with Gasteiger partial charge in [0.2, 0.25) is 0 Å². The van der Waals surface area contributed by atoms with E-state index in [9.17, 15) is 5.11 Å². The van der Waals surface area contributed by atoms with Gasteiger partial charge in [-0.1, -0.05) is 6.92 Å². The van der Waals surface area contributed by atoms with E-state index in [1.807, 2.05) is 6.20 Å². The zero-order chi connectivity index (χ0) is 18.1. The minimum Gasteiger partial charge on any atom is -0.508 e. The predicted molar refractivity (Wildman–Crippen MR) is 105 cm³/mol. The molecule has 0 saturated carbocycles. The summed E-state index contributed by atoms with van der Waals surface area (Å²) in [5, 5.41) is 11.5. The molecule has 0 aliphatic rings. The molecule has 1 N–H and O–H groups in total. The third-order valence-electron chi connectivity index (χ3n) is 4.61. The van der Waals surface area contributed by atoms with Gasteiger partial charge < -0.3 is 19.0 Å². The molecule has 134 valence electrons. The van der Waals surface area contributed by atoms with Gasteiger partial charge in [0.1, 0.15) is 18.1 Å². The van der Waals surface area contributed by atoms with E-state index in [2.05, 4.69) is 45.6 Å². The van der Waals surface area contributed by atoms with Crippen LogP contribution in [-0.4, -0.2) is 25.8 Å². The number of fused-ring (bicyclic) bond motifs is 1. The molecule has 0 unspecified atom stereocenters. The first-order chi connectivity index (χ1) is 12.7. The molecule has 0 atom stereocenters. The molecular weight excluding hydrogens is 346 g/mol. The van der Waals surface area contributed by atoms with Crippen LogP contribution in [-0.2, 0) is 20.0 Å². The topological polar surface area (TPSA) is 52.2 Å². The second kappa shape index (κ2) is 6.88. The number of imidazole rings is 1. The number of rotatable bonds is 6. The second-order valence-electron chi connectivity index (χ2n) is 6.18. The monoisotopic (exact) mass is 367 g/mol. The first-order valence-electron chi connectivity index (χ1n) is 8.67. The molecule has 0 fully saturated rings. The van der Waals surface area contributed by atoms with Crippen molar-refractivity contribution in [3.8, 4) is 23.0 Å². The molecule has 0 aliphatic heterocycles. The summed E-state index contributed by atoms with van der Waals surface area (Å²) in [5.41, 5.74) is 3.55. The summed E-state index contributed by atoms with van der Waals surface area (Å²) in [6.45, 7) is 3.40. The maximum absolute atomic E-state index is 9.36. The molecule has 0 spiro atoms. The van der Waals surface area contributed by atoms with Crippen molar-refractivity contribution in [2.75, 3.05) is 6.61 Å². The lowest BCUT2D eigenvalue weighted by Crippen LogP contribution is -2.12. The minimum absolute atomic E-state index is 0.242. The normalized spacial score (nSPS) is 11.3. The number of nitrogens with zero attached hydrogens (tertiary/aromatic N) is 3. The van der Waals surface area contributed by atoms with Crippen molar-refractivity contribution in [1.29, 1.82) is 0 Å². The summed E-state index contributed by atoms with van der Waals surface area (Å²) in [7, 11) is 2.09. The third kappa shape index (κ3) is 2.97. The average Bonchev–Trinajstić information content (AvgIpc) is 3.33. The molecular formula is C20H21N3O2S. The lowest BCUT2D eigenvalue weighted by molar-refractivity contribution is 0.297. The number of phenolic OH excluding ortho intramolecular Hbond substituents is 1. The van der Waals surface area contributed by atoms with Crippen molar-refractivity contribution in [3.05, 3.63) is 53.7 Å². The molecule has 26 heavy (non-hydrogen) atoms. The average molecular weight is 367 g/mol. The number of ether oxygens (including phenoxy) is 1. The van der Waals surface area contributed by atoms with Crippen LogP contribution in [0.15, 0.2) is 48.0 Å². The Hall–Kier alpha value is -2.73. The van der Waals surface area contributed by atoms with Crippen LogP contribution < -0.4 is 4.74 Å². The summed E-state index contributed by atoms with van der Waals surface area (Å²) >= 11 is 1.75. The summed E-state index contributed by atoms with van der Waals surface area (Å²) in [5.74, 6) is 1.97. The van der Waals surface area contributed by atoms with Crippen molar-refractivity contribution >= 4 is 21.6 Å². The van der Waals surface area contributed by atoms with Gasteiger partial charge in [-0.05, 0) is 48.2 Å². The highest BCUT2D eigenvalue weighted by Gasteiger charge is 2.16. The number of benzene rings is 1. The highest BCUT2D eigenvalue weighted by molar-refractivity contribution is 7.17. The number of hydrogen-bond donors (Lipinski definition) is 1. The van der Waals surface area contributed by atoms with Crippen LogP contribution in [0, 0.1) is 0 Å². The Bertz CT molecular complexity index is 1030. The van der Waals surface area contributed by atoms with Gasteiger partial charge in [0, 0.05) is 18.9 Å². The number of aromatic nitrogens is 3. The van der Waals surface area contributed by atoms with Gasteiger partial charge >= 0.3 is 0 Å². The molecule has 5 nitrogen and oxygen atoms in total. The lowest BCUT2D eigenvalue weighted by atomic mass is 10.3. The first kappa shape index (κ1) is 16.7. The van der Waals surface area contributed by atoms with Crippen molar-refractivity contribution in [2.45, 2.75) is 19.9 Å². The van der Waals surface area contributed by atoms with Crippen molar-refractivity contribution in [1.82, 2.24) is 14.1 Å². The summed E-state index contributed by atoms with van der Waals surface area (Å²) in [4.78, 5) is 4.69. The fourth-order valence-electron chi connectivity index (χ4n) is 3.21. The van der Waals surface area contributed by atoms with Gasteiger partial charge in [-0.2, -0.15) is 0 Å². The van der Waals surface area contributed by atoms with Crippen LogP contribution in [0.1, 0.15) is 12.6 Å². The zero-order valence-electron chi connectivity index (χ0n) is 14.8. The Morgan fingerprint density at radius 1 is 1.19 bits per heavy atom. The van der Waals surface area contributed by atoms with Crippen LogP contribution in [0.4, 0.5) is 0 Å². The zero-order valence-corrected chi connectivity index (χ0v) is 15.7. The van der Waals surface area contributed by atoms with Gasteiger partial charge in [-0.25, -0.2) is 4.98 Å². The molecule has 3 aromatic heterocycles. The number of phenols is 1. The first-order valence-corrected chi connectivity index (χ1v) is 9.55. The van der Waals surface area contributed by atoms with E-state index >= 15 is 0 Å². The second-order valence-corrected chi connectivity index (χ2v) is 7.13. The Labute approximate surface area is 156 Å². The quantitative estimate of drug-likeness (QED) is 0.548. The molecule has 0 radical (unpaired) electrons. The van der Waals surface area contributed by atoms with Gasteiger partial charge in [-0.15, -0.1) is 11.3 Å². The molecule has 4 aromatic rings. The Kier molecular flexibility index (Phi) is 4.42. The van der Waals surface area contributed by atoms with E-state index < -0.39 is 0 Å². The maximum Gasteiger partial charge on any atom is 0.157 e. The standard InChI is InChI=1S/C20H21N3O2S/c1-3-14-13-21-20(18-12-19-17(22(18)2)8-11-26-19)23(14)9-10-25-16-6-4-15(24)5-7-16/h4-8,11-13,24H,3,9-10H2,1-2H3. The highest BCUT2D eigenvalue weighted by Crippen LogP contribution is 2.30. The Balaban J connectivity index is 1.59. The Morgan fingerprint density at radius 2 is 2.00 bits per heavy atom. The van der Waals surface area contributed by atoms with E-state index in [4.69, 9.17) is 4.74 Å². The SMILES string of the molecule is CCc1cnc(-c2cc3sccc3n2C)n1CCOc1ccc(O)cc1. The van der Waals surface area contributed by atoms with E-state index in [-0.39, 0.29) is 5.75 Å².